The van der Waals surface area contributed by atoms with Crippen molar-refractivity contribution in [1.29, 1.82) is 0 Å². The van der Waals surface area contributed by atoms with E-state index in [0.717, 1.165) is 28.1 Å². The number of rotatable bonds is 5. The lowest BCUT2D eigenvalue weighted by Crippen LogP contribution is -2.14. The normalized spacial score (nSPS) is 10.4. The van der Waals surface area contributed by atoms with Gasteiger partial charge >= 0.3 is 0 Å². The number of nitrogens with zero attached hydrogens (tertiary/aromatic N) is 1. The quantitative estimate of drug-likeness (QED) is 0.702. The number of benzene rings is 2. The van der Waals surface area contributed by atoms with Crippen molar-refractivity contribution >= 4 is 17.3 Å². The largest absolute Gasteiger partial charge is 0.380 e. The third-order valence-corrected chi connectivity index (χ3v) is 4.26. The Morgan fingerprint density at radius 1 is 1.08 bits per heavy atom. The second kappa shape index (κ2) is 7.78. The van der Waals surface area contributed by atoms with Crippen LogP contribution < -0.4 is 10.6 Å². The molecule has 26 heavy (non-hydrogen) atoms. The molecule has 4 nitrogen and oxygen atoms in total. The van der Waals surface area contributed by atoms with Gasteiger partial charge in [-0.2, -0.15) is 0 Å². The van der Waals surface area contributed by atoms with Crippen LogP contribution in [0.15, 0.2) is 60.9 Å². The first-order valence-corrected chi connectivity index (χ1v) is 8.34. The molecule has 0 bridgehead atoms. The van der Waals surface area contributed by atoms with Crippen LogP contribution in [0.25, 0.3) is 0 Å². The Bertz CT molecular complexity index is 923. The Kier molecular flexibility index (Phi) is 5.27. The van der Waals surface area contributed by atoms with E-state index in [-0.39, 0.29) is 11.7 Å². The third-order valence-electron chi connectivity index (χ3n) is 4.26. The van der Waals surface area contributed by atoms with Gasteiger partial charge in [0.05, 0.1) is 11.3 Å². The van der Waals surface area contributed by atoms with Gasteiger partial charge in [0.2, 0.25) is 0 Å². The molecule has 5 heteroatoms. The standard InChI is InChI=1S/C21H20FN3O/c1-14-4-3-5-20(15(14)2)25-21(26)17-10-19(13-23-12-17)24-11-16-6-8-18(22)9-7-16/h3-10,12-13,24H,11H2,1-2H3,(H,25,26). The van der Waals surface area contributed by atoms with E-state index in [9.17, 15) is 9.18 Å². The van der Waals surface area contributed by atoms with Gasteiger partial charge in [-0.3, -0.25) is 9.78 Å². The van der Waals surface area contributed by atoms with Gasteiger partial charge in [-0.25, -0.2) is 4.39 Å². The Balaban J connectivity index is 1.69. The topological polar surface area (TPSA) is 54.0 Å². The van der Waals surface area contributed by atoms with Crippen molar-refractivity contribution in [3.05, 3.63) is 89.0 Å². The number of hydrogen-bond acceptors (Lipinski definition) is 3. The van der Waals surface area contributed by atoms with Crippen LogP contribution >= 0.6 is 0 Å². The van der Waals surface area contributed by atoms with Gasteiger partial charge in [-0.15, -0.1) is 0 Å². The number of pyridine rings is 1. The van der Waals surface area contributed by atoms with Crippen LogP contribution in [-0.2, 0) is 6.54 Å². The second-order valence-corrected chi connectivity index (χ2v) is 6.14. The van der Waals surface area contributed by atoms with Crippen LogP contribution in [0, 0.1) is 19.7 Å². The molecule has 0 aliphatic rings. The van der Waals surface area contributed by atoms with E-state index < -0.39 is 0 Å². The highest BCUT2D eigenvalue weighted by atomic mass is 19.1. The highest BCUT2D eigenvalue weighted by Gasteiger charge is 2.10. The van der Waals surface area contributed by atoms with E-state index in [1.54, 1.807) is 24.4 Å². The van der Waals surface area contributed by atoms with E-state index in [1.165, 1.54) is 18.3 Å². The zero-order valence-corrected chi connectivity index (χ0v) is 14.7. The average Bonchev–Trinajstić information content (AvgIpc) is 2.65. The van der Waals surface area contributed by atoms with Gasteiger partial charge in [-0.05, 0) is 54.8 Å². The predicted octanol–water partition coefficient (Wildman–Crippen LogP) is 4.70. The van der Waals surface area contributed by atoms with E-state index in [2.05, 4.69) is 15.6 Å². The van der Waals surface area contributed by atoms with Crippen molar-refractivity contribution in [2.75, 3.05) is 10.6 Å². The monoisotopic (exact) mass is 349 g/mol. The predicted molar refractivity (Wildman–Crippen MR) is 102 cm³/mol. The van der Waals surface area contributed by atoms with Crippen LogP contribution in [-0.4, -0.2) is 10.9 Å². The lowest BCUT2D eigenvalue weighted by molar-refractivity contribution is 0.102. The molecule has 2 N–H and O–H groups in total. The second-order valence-electron chi connectivity index (χ2n) is 6.14. The first-order chi connectivity index (χ1) is 12.5. The maximum absolute atomic E-state index is 12.9. The summed E-state index contributed by atoms with van der Waals surface area (Å²) >= 11 is 0. The third kappa shape index (κ3) is 4.25. The molecule has 132 valence electrons. The summed E-state index contributed by atoms with van der Waals surface area (Å²) in [7, 11) is 0. The summed E-state index contributed by atoms with van der Waals surface area (Å²) in [5.74, 6) is -0.475. The molecule has 1 aromatic heterocycles. The number of amides is 1. The van der Waals surface area contributed by atoms with Crippen molar-refractivity contribution in [2.45, 2.75) is 20.4 Å². The van der Waals surface area contributed by atoms with Crippen LogP contribution in [0.5, 0.6) is 0 Å². The summed E-state index contributed by atoms with van der Waals surface area (Å²) in [6.45, 7) is 4.50. The maximum Gasteiger partial charge on any atom is 0.257 e. The number of carbonyl (C=O) groups excluding carboxylic acids is 1. The van der Waals surface area contributed by atoms with Crippen molar-refractivity contribution in [3.63, 3.8) is 0 Å². The molecule has 0 fully saturated rings. The molecule has 0 radical (unpaired) electrons. The number of carbonyl (C=O) groups is 1. The van der Waals surface area contributed by atoms with Crippen molar-refractivity contribution < 1.29 is 9.18 Å². The van der Waals surface area contributed by atoms with Gasteiger partial charge in [-0.1, -0.05) is 24.3 Å². The first kappa shape index (κ1) is 17.6. The zero-order chi connectivity index (χ0) is 18.5. The highest BCUT2D eigenvalue weighted by Crippen LogP contribution is 2.19. The van der Waals surface area contributed by atoms with Gasteiger partial charge in [0.15, 0.2) is 0 Å². The van der Waals surface area contributed by atoms with Crippen molar-refractivity contribution in [3.8, 4) is 0 Å². The van der Waals surface area contributed by atoms with Crippen LogP contribution in [0.2, 0.25) is 0 Å². The molecule has 0 aliphatic carbocycles. The molecule has 2 aromatic carbocycles. The summed E-state index contributed by atoms with van der Waals surface area (Å²) in [4.78, 5) is 16.7. The number of nitrogens with one attached hydrogen (secondary N) is 2. The molecule has 1 heterocycles. The van der Waals surface area contributed by atoms with E-state index in [1.807, 2.05) is 32.0 Å². The molecular weight excluding hydrogens is 329 g/mol. The number of hydrogen-bond donors (Lipinski definition) is 2. The number of aryl methyl sites for hydroxylation is 1. The molecule has 0 spiro atoms. The fourth-order valence-electron chi connectivity index (χ4n) is 2.55. The van der Waals surface area contributed by atoms with Crippen LogP contribution in [0.1, 0.15) is 27.0 Å². The molecule has 0 saturated heterocycles. The van der Waals surface area contributed by atoms with Crippen molar-refractivity contribution in [1.82, 2.24) is 4.98 Å². The van der Waals surface area contributed by atoms with E-state index in [0.29, 0.717) is 12.1 Å². The summed E-state index contributed by atoms with van der Waals surface area (Å²) in [5, 5.41) is 6.12. The van der Waals surface area contributed by atoms with Gasteiger partial charge in [0.1, 0.15) is 5.82 Å². The van der Waals surface area contributed by atoms with Gasteiger partial charge in [0.25, 0.3) is 5.91 Å². The summed E-state index contributed by atoms with van der Waals surface area (Å²) in [5.41, 5.74) is 5.09. The highest BCUT2D eigenvalue weighted by molar-refractivity contribution is 6.05. The Labute approximate surface area is 152 Å². The minimum atomic E-state index is -0.263. The fourth-order valence-corrected chi connectivity index (χ4v) is 2.55. The molecule has 0 atom stereocenters. The van der Waals surface area contributed by atoms with E-state index in [4.69, 9.17) is 0 Å². The minimum Gasteiger partial charge on any atom is -0.380 e. The average molecular weight is 349 g/mol. The minimum absolute atomic E-state index is 0.211. The molecule has 0 unspecified atom stereocenters. The number of halogens is 1. The Morgan fingerprint density at radius 3 is 2.62 bits per heavy atom. The summed E-state index contributed by atoms with van der Waals surface area (Å²) in [6.07, 6.45) is 3.18. The molecule has 3 rings (SSSR count). The first-order valence-electron chi connectivity index (χ1n) is 8.34. The Morgan fingerprint density at radius 2 is 1.85 bits per heavy atom. The van der Waals surface area contributed by atoms with Crippen molar-refractivity contribution in [2.24, 2.45) is 0 Å². The molecule has 0 saturated carbocycles. The number of anilines is 2. The Hall–Kier alpha value is -3.21. The van der Waals surface area contributed by atoms with Crippen LogP contribution in [0.3, 0.4) is 0 Å². The maximum atomic E-state index is 12.9. The molecule has 0 aliphatic heterocycles. The molecule has 1 amide bonds. The van der Waals surface area contributed by atoms with Gasteiger partial charge in [0, 0.05) is 24.6 Å². The smallest absolute Gasteiger partial charge is 0.257 e. The summed E-state index contributed by atoms with van der Waals surface area (Å²) < 4.78 is 12.9. The fraction of sp³-hybridized carbons (Fsp3) is 0.143. The van der Waals surface area contributed by atoms with Crippen LogP contribution in [0.4, 0.5) is 15.8 Å². The molecular formula is C21H20FN3O. The number of aromatic nitrogens is 1. The zero-order valence-electron chi connectivity index (χ0n) is 14.7. The lowest BCUT2D eigenvalue weighted by atomic mass is 10.1. The summed E-state index contributed by atoms with van der Waals surface area (Å²) in [6, 6.07) is 13.8. The SMILES string of the molecule is Cc1cccc(NC(=O)c2cncc(NCc3ccc(F)cc3)c2)c1C. The molecule has 3 aromatic rings. The van der Waals surface area contributed by atoms with E-state index >= 15 is 0 Å². The van der Waals surface area contributed by atoms with Gasteiger partial charge < -0.3 is 10.6 Å². The lowest BCUT2D eigenvalue weighted by Gasteiger charge is -2.11.